The number of benzene rings is 2. The molecule has 2 aromatic carbocycles. The number of carbonyl (C=O) groups excluding carboxylic acids is 1. The van der Waals surface area contributed by atoms with Crippen LogP contribution in [0.2, 0.25) is 0 Å². The number of hydrazone groups is 1. The molecule has 27 heavy (non-hydrogen) atoms. The Labute approximate surface area is 157 Å². The van der Waals surface area contributed by atoms with Crippen LogP contribution in [-0.4, -0.2) is 27.7 Å². The predicted octanol–water partition coefficient (Wildman–Crippen LogP) is 4.07. The molecule has 0 saturated carbocycles. The number of hydrogen-bond acceptors (Lipinski definition) is 3. The van der Waals surface area contributed by atoms with Crippen LogP contribution in [0.25, 0.3) is 0 Å². The van der Waals surface area contributed by atoms with E-state index in [1.54, 1.807) is 18.2 Å². The number of rotatable bonds is 6. The minimum absolute atomic E-state index is 0.0575. The van der Waals surface area contributed by atoms with Gasteiger partial charge in [-0.3, -0.25) is 9.59 Å². The molecule has 1 atom stereocenters. The second-order valence-electron chi connectivity index (χ2n) is 6.64. The Morgan fingerprint density at radius 2 is 1.85 bits per heavy atom. The third-order valence-electron chi connectivity index (χ3n) is 4.60. The molecule has 0 aromatic heterocycles. The van der Waals surface area contributed by atoms with Crippen molar-refractivity contribution in [1.82, 2.24) is 5.01 Å². The van der Waals surface area contributed by atoms with E-state index >= 15 is 0 Å². The normalized spacial score (nSPS) is 16.3. The molecule has 0 unspecified atom stereocenters. The summed E-state index contributed by atoms with van der Waals surface area (Å²) in [5.41, 5.74) is 3.14. The molecular formula is C21H21FN2O3. The first kappa shape index (κ1) is 18.8. The Morgan fingerprint density at radius 1 is 1.15 bits per heavy atom. The van der Waals surface area contributed by atoms with Gasteiger partial charge in [0.25, 0.3) is 0 Å². The second kappa shape index (κ2) is 8.12. The van der Waals surface area contributed by atoms with Crippen molar-refractivity contribution in [3.63, 3.8) is 0 Å². The molecule has 0 fully saturated rings. The van der Waals surface area contributed by atoms with Crippen molar-refractivity contribution in [3.05, 3.63) is 71.0 Å². The minimum Gasteiger partial charge on any atom is -0.481 e. The van der Waals surface area contributed by atoms with E-state index in [0.29, 0.717) is 12.0 Å². The summed E-state index contributed by atoms with van der Waals surface area (Å²) < 4.78 is 14.4. The Bertz CT molecular complexity index is 877. The molecule has 0 bridgehead atoms. The van der Waals surface area contributed by atoms with Gasteiger partial charge in [0.1, 0.15) is 5.82 Å². The summed E-state index contributed by atoms with van der Waals surface area (Å²) in [7, 11) is 0. The van der Waals surface area contributed by atoms with Crippen molar-refractivity contribution >= 4 is 17.6 Å². The van der Waals surface area contributed by atoms with Crippen molar-refractivity contribution in [3.8, 4) is 0 Å². The predicted molar refractivity (Wildman–Crippen MR) is 99.8 cm³/mol. The summed E-state index contributed by atoms with van der Waals surface area (Å²) >= 11 is 0. The van der Waals surface area contributed by atoms with Gasteiger partial charge in [0.2, 0.25) is 5.91 Å². The molecule has 0 saturated heterocycles. The number of amides is 1. The number of halogens is 1. The van der Waals surface area contributed by atoms with E-state index in [9.17, 15) is 14.0 Å². The molecule has 1 amide bonds. The van der Waals surface area contributed by atoms with Gasteiger partial charge in [0, 0.05) is 24.8 Å². The van der Waals surface area contributed by atoms with Gasteiger partial charge in [-0.25, -0.2) is 9.40 Å². The molecule has 5 nitrogen and oxygen atoms in total. The zero-order valence-corrected chi connectivity index (χ0v) is 15.1. The lowest BCUT2D eigenvalue weighted by Gasteiger charge is -2.22. The quantitative estimate of drug-likeness (QED) is 0.836. The largest absolute Gasteiger partial charge is 0.481 e. The lowest BCUT2D eigenvalue weighted by molar-refractivity contribution is -0.137. The maximum absolute atomic E-state index is 14.4. The maximum Gasteiger partial charge on any atom is 0.303 e. The molecule has 0 spiro atoms. The highest BCUT2D eigenvalue weighted by Crippen LogP contribution is 2.34. The van der Waals surface area contributed by atoms with Crippen LogP contribution in [0.1, 0.15) is 48.4 Å². The highest BCUT2D eigenvalue weighted by molar-refractivity contribution is 6.03. The summed E-state index contributed by atoms with van der Waals surface area (Å²) in [6, 6.07) is 13.6. The van der Waals surface area contributed by atoms with Gasteiger partial charge in [-0.2, -0.15) is 5.10 Å². The Kier molecular flexibility index (Phi) is 5.64. The first-order valence-corrected chi connectivity index (χ1v) is 8.88. The topological polar surface area (TPSA) is 70.0 Å². The van der Waals surface area contributed by atoms with Crippen LogP contribution in [0.4, 0.5) is 4.39 Å². The van der Waals surface area contributed by atoms with Gasteiger partial charge < -0.3 is 5.11 Å². The van der Waals surface area contributed by atoms with E-state index in [4.69, 9.17) is 5.11 Å². The van der Waals surface area contributed by atoms with E-state index in [-0.39, 0.29) is 31.0 Å². The van der Waals surface area contributed by atoms with E-state index in [1.165, 1.54) is 11.1 Å². The number of aryl methyl sites for hydroxylation is 1. The summed E-state index contributed by atoms with van der Waals surface area (Å²) in [5, 5.41) is 14.6. The van der Waals surface area contributed by atoms with Crippen molar-refractivity contribution in [2.24, 2.45) is 5.10 Å². The fourth-order valence-corrected chi connectivity index (χ4v) is 3.15. The SMILES string of the molecule is Cc1ccc(C2=NN(C(=O)CCCC(=O)O)[C@H](c3ccccc3F)C2)cc1. The molecule has 2 aromatic rings. The zero-order chi connectivity index (χ0) is 19.4. The van der Waals surface area contributed by atoms with Crippen LogP contribution in [0.3, 0.4) is 0 Å². The highest BCUT2D eigenvalue weighted by Gasteiger charge is 2.34. The van der Waals surface area contributed by atoms with E-state index in [0.717, 1.165) is 16.8 Å². The molecule has 1 aliphatic heterocycles. The van der Waals surface area contributed by atoms with Crippen LogP contribution < -0.4 is 0 Å². The summed E-state index contributed by atoms with van der Waals surface area (Å²) in [4.78, 5) is 23.4. The van der Waals surface area contributed by atoms with Crippen LogP contribution >= 0.6 is 0 Å². The second-order valence-corrected chi connectivity index (χ2v) is 6.64. The van der Waals surface area contributed by atoms with E-state index in [1.807, 2.05) is 31.2 Å². The standard InChI is InChI=1S/C21H21FN2O3/c1-14-9-11-15(12-10-14)18-13-19(16-5-2-3-6-17(16)22)24(23-18)20(25)7-4-8-21(26)27/h2-3,5-6,9-12,19H,4,7-8,13H2,1H3,(H,26,27)/t19-/m0/s1. The van der Waals surface area contributed by atoms with Crippen LogP contribution in [0.5, 0.6) is 0 Å². The summed E-state index contributed by atoms with van der Waals surface area (Å²) in [6.07, 6.45) is 0.610. The minimum atomic E-state index is -0.946. The molecule has 1 N–H and O–H groups in total. The van der Waals surface area contributed by atoms with Gasteiger partial charge in [-0.1, -0.05) is 48.0 Å². The first-order chi connectivity index (χ1) is 13.0. The number of nitrogens with zero attached hydrogens (tertiary/aromatic N) is 2. The third-order valence-corrected chi connectivity index (χ3v) is 4.60. The first-order valence-electron chi connectivity index (χ1n) is 8.88. The van der Waals surface area contributed by atoms with E-state index in [2.05, 4.69) is 5.10 Å². The molecule has 6 heteroatoms. The van der Waals surface area contributed by atoms with Crippen molar-refractivity contribution < 1.29 is 19.1 Å². The smallest absolute Gasteiger partial charge is 0.303 e. The third kappa shape index (κ3) is 4.39. The molecule has 0 aliphatic carbocycles. The Morgan fingerprint density at radius 3 is 2.52 bits per heavy atom. The average molecular weight is 368 g/mol. The molecule has 3 rings (SSSR count). The van der Waals surface area contributed by atoms with Gasteiger partial charge in [-0.05, 0) is 25.0 Å². The monoisotopic (exact) mass is 368 g/mol. The van der Waals surface area contributed by atoms with Crippen LogP contribution in [0.15, 0.2) is 53.6 Å². The molecule has 140 valence electrons. The number of carboxylic acids is 1. The van der Waals surface area contributed by atoms with Gasteiger partial charge in [-0.15, -0.1) is 0 Å². The number of aliphatic carboxylic acids is 1. The molecule has 1 heterocycles. The summed E-state index contributed by atoms with van der Waals surface area (Å²) in [6.45, 7) is 1.99. The van der Waals surface area contributed by atoms with Crippen LogP contribution in [-0.2, 0) is 9.59 Å². The van der Waals surface area contributed by atoms with Gasteiger partial charge >= 0.3 is 5.97 Å². The maximum atomic E-state index is 14.4. The lowest BCUT2D eigenvalue weighted by Crippen LogP contribution is -2.27. The Balaban J connectivity index is 1.87. The summed E-state index contributed by atoms with van der Waals surface area (Å²) in [5.74, 6) is -1.63. The number of carbonyl (C=O) groups is 2. The van der Waals surface area contributed by atoms with Crippen molar-refractivity contribution in [2.45, 2.75) is 38.6 Å². The van der Waals surface area contributed by atoms with Gasteiger partial charge in [0.15, 0.2) is 0 Å². The Hall–Kier alpha value is -3.02. The number of hydrogen-bond donors (Lipinski definition) is 1. The fraction of sp³-hybridized carbons (Fsp3) is 0.286. The number of carboxylic acid groups (broad SMARTS) is 1. The molecular weight excluding hydrogens is 347 g/mol. The van der Waals surface area contributed by atoms with Crippen molar-refractivity contribution in [2.75, 3.05) is 0 Å². The van der Waals surface area contributed by atoms with Gasteiger partial charge in [0.05, 0.1) is 11.8 Å². The van der Waals surface area contributed by atoms with E-state index < -0.39 is 12.0 Å². The zero-order valence-electron chi connectivity index (χ0n) is 15.1. The van der Waals surface area contributed by atoms with Crippen molar-refractivity contribution in [1.29, 1.82) is 0 Å². The molecule has 0 radical (unpaired) electrons. The lowest BCUT2D eigenvalue weighted by atomic mass is 9.97. The molecule has 1 aliphatic rings. The average Bonchev–Trinajstić information content (AvgIpc) is 3.07. The fourth-order valence-electron chi connectivity index (χ4n) is 3.15. The van der Waals surface area contributed by atoms with Crippen LogP contribution in [0, 0.1) is 12.7 Å². The highest BCUT2D eigenvalue weighted by atomic mass is 19.1.